The van der Waals surface area contributed by atoms with Crippen LogP contribution in [-0.2, 0) is 10.0 Å². The predicted octanol–water partition coefficient (Wildman–Crippen LogP) is 6.19. The predicted molar refractivity (Wildman–Crippen MR) is 138 cm³/mol. The molecule has 1 saturated heterocycles. The minimum absolute atomic E-state index is 0.210. The van der Waals surface area contributed by atoms with Crippen LogP contribution in [0.3, 0.4) is 0 Å². The molecular formula is C27H30N2O3S2. The van der Waals surface area contributed by atoms with E-state index in [9.17, 15) is 13.2 Å². The van der Waals surface area contributed by atoms with E-state index in [0.29, 0.717) is 29.9 Å². The molecule has 4 rings (SSSR count). The molecule has 0 radical (unpaired) electrons. The molecule has 0 spiro atoms. The Hall–Kier alpha value is -2.61. The first-order chi connectivity index (χ1) is 16.2. The lowest BCUT2D eigenvalue weighted by Crippen LogP contribution is -2.36. The van der Waals surface area contributed by atoms with E-state index in [1.54, 1.807) is 30.8 Å². The highest BCUT2D eigenvalue weighted by atomic mass is 32.2. The van der Waals surface area contributed by atoms with Crippen LogP contribution >= 0.6 is 11.8 Å². The van der Waals surface area contributed by atoms with Gasteiger partial charge in [0.25, 0.3) is 5.91 Å². The van der Waals surface area contributed by atoms with Crippen molar-refractivity contribution >= 4 is 33.4 Å². The summed E-state index contributed by atoms with van der Waals surface area (Å²) in [5.74, 6) is -0.329. The van der Waals surface area contributed by atoms with Crippen LogP contribution in [0.25, 0.3) is 0 Å². The molecule has 178 valence electrons. The molecule has 1 aliphatic heterocycles. The maximum absolute atomic E-state index is 13.2. The van der Waals surface area contributed by atoms with E-state index in [1.807, 2.05) is 24.3 Å². The van der Waals surface area contributed by atoms with Gasteiger partial charge < -0.3 is 5.32 Å². The maximum Gasteiger partial charge on any atom is 0.255 e. The maximum atomic E-state index is 13.2. The molecule has 7 heteroatoms. The lowest BCUT2D eigenvalue weighted by Gasteiger charge is -2.26. The van der Waals surface area contributed by atoms with Gasteiger partial charge in [0.05, 0.1) is 4.90 Å². The zero-order valence-corrected chi connectivity index (χ0v) is 21.4. The summed E-state index contributed by atoms with van der Waals surface area (Å²) in [4.78, 5) is 15.4. The normalized spacial score (nSPS) is 14.7. The Labute approximate surface area is 206 Å². The zero-order valence-electron chi connectivity index (χ0n) is 19.8. The van der Waals surface area contributed by atoms with Gasteiger partial charge in [0.2, 0.25) is 10.0 Å². The van der Waals surface area contributed by atoms with Crippen LogP contribution in [0.5, 0.6) is 0 Å². The average molecular weight is 495 g/mol. The number of nitrogens with one attached hydrogen (secondary N) is 1. The number of carbonyl (C=O) groups excluding carboxylic acids is 1. The fourth-order valence-corrected chi connectivity index (χ4v) is 6.79. The fourth-order valence-electron chi connectivity index (χ4n) is 4.02. The second-order valence-corrected chi connectivity index (χ2v) is 11.8. The lowest BCUT2D eigenvalue weighted by atomic mass is 10.1. The third-order valence-corrected chi connectivity index (χ3v) is 9.28. The Morgan fingerprint density at radius 2 is 1.53 bits per heavy atom. The van der Waals surface area contributed by atoms with Crippen molar-refractivity contribution in [3.8, 4) is 0 Å². The van der Waals surface area contributed by atoms with Crippen molar-refractivity contribution in [2.75, 3.05) is 18.4 Å². The van der Waals surface area contributed by atoms with Crippen molar-refractivity contribution in [3.63, 3.8) is 0 Å². The standard InChI is InChI=1S/C27H30N2O3S2/c1-19-7-8-20(2)25(17-19)33-24-13-11-23(12-14-24)28-27(30)22-10-9-21(3)26(18-22)34(31,32)29-15-5-4-6-16-29/h7-14,17-18H,4-6,15-16H2,1-3H3,(H,28,30). The molecule has 1 heterocycles. The third kappa shape index (κ3) is 5.54. The van der Waals surface area contributed by atoms with Crippen LogP contribution in [0.2, 0.25) is 0 Å². The number of amides is 1. The number of hydrogen-bond acceptors (Lipinski definition) is 4. The summed E-state index contributed by atoms with van der Waals surface area (Å²) >= 11 is 1.69. The van der Waals surface area contributed by atoms with Gasteiger partial charge >= 0.3 is 0 Å². The number of benzene rings is 3. The molecule has 1 fully saturated rings. The van der Waals surface area contributed by atoms with Gasteiger partial charge in [0.1, 0.15) is 0 Å². The minimum Gasteiger partial charge on any atom is -0.322 e. The number of piperidine rings is 1. The molecule has 0 atom stereocenters. The molecule has 0 aliphatic carbocycles. The first kappa shape index (κ1) is 24.5. The third-order valence-electron chi connectivity index (χ3n) is 6.07. The van der Waals surface area contributed by atoms with E-state index < -0.39 is 10.0 Å². The molecule has 0 unspecified atom stereocenters. The molecule has 0 saturated carbocycles. The van der Waals surface area contributed by atoms with Gasteiger partial charge in [-0.3, -0.25) is 4.79 Å². The van der Waals surface area contributed by atoms with Gasteiger partial charge in [-0.05, 0) is 92.8 Å². The molecule has 34 heavy (non-hydrogen) atoms. The Morgan fingerprint density at radius 3 is 2.24 bits per heavy atom. The number of carbonyl (C=O) groups is 1. The SMILES string of the molecule is Cc1ccc(C)c(Sc2ccc(NC(=O)c3ccc(C)c(S(=O)(=O)N4CCCCC4)c3)cc2)c1. The summed E-state index contributed by atoms with van der Waals surface area (Å²) < 4.78 is 27.9. The number of nitrogens with zero attached hydrogens (tertiary/aromatic N) is 1. The second-order valence-electron chi connectivity index (χ2n) is 8.79. The second kappa shape index (κ2) is 10.3. The largest absolute Gasteiger partial charge is 0.322 e. The minimum atomic E-state index is -3.61. The summed E-state index contributed by atoms with van der Waals surface area (Å²) in [7, 11) is -3.61. The summed E-state index contributed by atoms with van der Waals surface area (Å²) in [6.45, 7) is 7.01. The highest BCUT2D eigenvalue weighted by Crippen LogP contribution is 2.32. The van der Waals surface area contributed by atoms with E-state index in [0.717, 1.165) is 24.2 Å². The topological polar surface area (TPSA) is 66.5 Å². The van der Waals surface area contributed by atoms with Crippen LogP contribution in [0.1, 0.15) is 46.3 Å². The van der Waals surface area contributed by atoms with Gasteiger partial charge in [-0.15, -0.1) is 0 Å². The highest BCUT2D eigenvalue weighted by molar-refractivity contribution is 7.99. The van der Waals surface area contributed by atoms with Crippen molar-refractivity contribution in [2.24, 2.45) is 0 Å². The van der Waals surface area contributed by atoms with Crippen molar-refractivity contribution in [1.82, 2.24) is 4.31 Å². The van der Waals surface area contributed by atoms with Crippen molar-refractivity contribution < 1.29 is 13.2 Å². The van der Waals surface area contributed by atoms with Crippen molar-refractivity contribution in [1.29, 1.82) is 0 Å². The van der Waals surface area contributed by atoms with Gasteiger partial charge in [-0.25, -0.2) is 8.42 Å². The van der Waals surface area contributed by atoms with Crippen LogP contribution < -0.4 is 5.32 Å². The number of rotatable bonds is 6. The van der Waals surface area contributed by atoms with Crippen LogP contribution in [0.4, 0.5) is 5.69 Å². The van der Waals surface area contributed by atoms with E-state index in [4.69, 9.17) is 0 Å². The van der Waals surface area contributed by atoms with E-state index in [-0.39, 0.29) is 10.8 Å². The summed E-state index contributed by atoms with van der Waals surface area (Å²) in [6, 6.07) is 18.9. The van der Waals surface area contributed by atoms with Crippen LogP contribution in [0.15, 0.2) is 75.4 Å². The molecule has 3 aromatic rings. The summed E-state index contributed by atoms with van der Waals surface area (Å²) in [6.07, 6.45) is 2.79. The summed E-state index contributed by atoms with van der Waals surface area (Å²) in [5, 5.41) is 2.89. The average Bonchev–Trinajstić information content (AvgIpc) is 2.83. The van der Waals surface area contributed by atoms with Crippen molar-refractivity contribution in [2.45, 2.75) is 54.7 Å². The zero-order chi connectivity index (χ0) is 24.3. The quantitative estimate of drug-likeness (QED) is 0.444. The van der Waals surface area contributed by atoms with Crippen LogP contribution in [0, 0.1) is 20.8 Å². The van der Waals surface area contributed by atoms with Crippen LogP contribution in [-0.4, -0.2) is 31.7 Å². The first-order valence-corrected chi connectivity index (χ1v) is 13.8. The molecule has 0 aromatic heterocycles. The molecule has 1 aliphatic rings. The molecular weight excluding hydrogens is 464 g/mol. The van der Waals surface area contributed by atoms with Gasteiger partial charge in [0, 0.05) is 34.1 Å². The monoisotopic (exact) mass is 494 g/mol. The van der Waals surface area contributed by atoms with Gasteiger partial charge in [-0.2, -0.15) is 4.31 Å². The Balaban J connectivity index is 1.48. The Bertz CT molecular complexity index is 1300. The molecule has 1 N–H and O–H groups in total. The number of hydrogen-bond donors (Lipinski definition) is 1. The fraction of sp³-hybridized carbons (Fsp3) is 0.296. The van der Waals surface area contributed by atoms with E-state index >= 15 is 0 Å². The Kier molecular flexibility index (Phi) is 7.45. The summed E-state index contributed by atoms with van der Waals surface area (Å²) in [5.41, 5.74) is 4.08. The van der Waals surface area contributed by atoms with E-state index in [1.165, 1.54) is 26.4 Å². The molecule has 1 amide bonds. The smallest absolute Gasteiger partial charge is 0.255 e. The lowest BCUT2D eigenvalue weighted by molar-refractivity contribution is 0.102. The van der Waals surface area contributed by atoms with Crippen molar-refractivity contribution in [3.05, 3.63) is 82.9 Å². The van der Waals surface area contributed by atoms with E-state index in [2.05, 4.69) is 37.4 Å². The number of sulfonamides is 1. The number of anilines is 1. The number of aryl methyl sites for hydroxylation is 3. The first-order valence-electron chi connectivity index (χ1n) is 11.5. The molecule has 3 aromatic carbocycles. The molecule has 5 nitrogen and oxygen atoms in total. The molecule has 0 bridgehead atoms. The Morgan fingerprint density at radius 1 is 0.853 bits per heavy atom. The highest BCUT2D eigenvalue weighted by Gasteiger charge is 2.28. The van der Waals surface area contributed by atoms with Gasteiger partial charge in [-0.1, -0.05) is 36.4 Å². The van der Waals surface area contributed by atoms with Gasteiger partial charge in [0.15, 0.2) is 0 Å².